The minimum absolute atomic E-state index is 0.128. The second kappa shape index (κ2) is 9.26. The third-order valence-corrected chi connectivity index (χ3v) is 3.16. The number of allylic oxidation sites excluding steroid dienone is 1. The molecule has 2 N–H and O–H groups in total. The van der Waals surface area contributed by atoms with Gasteiger partial charge in [0.25, 0.3) is 7.41 Å². The highest BCUT2D eigenvalue weighted by molar-refractivity contribution is 6.62. The molecule has 0 fully saturated rings. The Hall–Kier alpha value is -0.810. The molecule has 0 spiro atoms. The highest BCUT2D eigenvalue weighted by Gasteiger charge is 2.33. The fourth-order valence-electron chi connectivity index (χ4n) is 2.58. The summed E-state index contributed by atoms with van der Waals surface area (Å²) in [6.07, 6.45) is 5.11. The van der Waals surface area contributed by atoms with E-state index < -0.39 is 0 Å². The number of nitrogens with two attached hydrogens (primary N) is 1. The molecule has 120 valence electrons. The number of ether oxygens (including phenoxy) is 1. The van der Waals surface area contributed by atoms with Crippen LogP contribution in [0.1, 0.15) is 48.0 Å². The lowest BCUT2D eigenvalue weighted by Gasteiger charge is -2.34. The van der Waals surface area contributed by atoms with Crippen molar-refractivity contribution in [3.63, 3.8) is 0 Å². The largest absolute Gasteiger partial charge is 0.379 e. The van der Waals surface area contributed by atoms with Crippen LogP contribution in [0, 0.1) is 0 Å². The van der Waals surface area contributed by atoms with Crippen molar-refractivity contribution in [2.45, 2.75) is 64.7 Å². The van der Waals surface area contributed by atoms with Gasteiger partial charge >= 0.3 is 0 Å². The fourth-order valence-corrected chi connectivity index (χ4v) is 2.58. The summed E-state index contributed by atoms with van der Waals surface area (Å²) < 4.78 is 5.65. The van der Waals surface area contributed by atoms with Gasteiger partial charge in [-0.25, -0.2) is 0 Å². The van der Waals surface area contributed by atoms with Crippen LogP contribution < -0.4 is 5.73 Å². The average molecular weight is 294 g/mol. The summed E-state index contributed by atoms with van der Waals surface area (Å²) >= 11 is 0. The maximum Gasteiger partial charge on any atom is 0.280 e. The molecule has 0 aromatic heterocycles. The highest BCUT2D eigenvalue weighted by atomic mass is 16.5. The molecule has 1 atom stereocenters. The molecule has 0 rings (SSSR count). The summed E-state index contributed by atoms with van der Waals surface area (Å²) in [4.78, 5) is 1.79. The normalized spacial score (nSPS) is 15.7. The Bertz CT molecular complexity index is 332. The molecule has 0 radical (unpaired) electrons. The quantitative estimate of drug-likeness (QED) is 0.382. The Balaban J connectivity index is 4.54. The van der Waals surface area contributed by atoms with E-state index in [1.165, 1.54) is 0 Å². The molecular formula is C14H32B2N4O. The van der Waals surface area contributed by atoms with E-state index in [0.29, 0.717) is 7.41 Å². The van der Waals surface area contributed by atoms with E-state index in [2.05, 4.69) is 45.0 Å². The molecule has 0 aliphatic carbocycles. The van der Waals surface area contributed by atoms with E-state index >= 15 is 0 Å². The van der Waals surface area contributed by atoms with Crippen molar-refractivity contribution >= 4 is 14.7 Å². The first-order chi connectivity index (χ1) is 9.62. The second-order valence-electron chi connectivity index (χ2n) is 7.03. The van der Waals surface area contributed by atoms with Gasteiger partial charge in [0.05, 0.1) is 13.2 Å². The molecule has 7 heteroatoms. The van der Waals surface area contributed by atoms with Gasteiger partial charge < -0.3 is 15.4 Å². The zero-order chi connectivity index (χ0) is 16.5. The van der Waals surface area contributed by atoms with Crippen molar-refractivity contribution in [3.8, 4) is 0 Å². The Morgan fingerprint density at radius 3 is 2.43 bits per heavy atom. The van der Waals surface area contributed by atoms with Gasteiger partial charge in [-0.2, -0.15) is 5.11 Å². The van der Waals surface area contributed by atoms with Crippen molar-refractivity contribution in [2.75, 3.05) is 13.7 Å². The smallest absolute Gasteiger partial charge is 0.280 e. The van der Waals surface area contributed by atoms with Gasteiger partial charge in [-0.3, -0.25) is 0 Å². The van der Waals surface area contributed by atoms with E-state index in [9.17, 15) is 0 Å². The van der Waals surface area contributed by atoms with Gasteiger partial charge in [-0.1, -0.05) is 37.4 Å². The van der Waals surface area contributed by atoms with Crippen LogP contribution in [-0.4, -0.2) is 44.7 Å². The first kappa shape index (κ1) is 20.2. The third kappa shape index (κ3) is 10.5. The van der Waals surface area contributed by atoms with Gasteiger partial charge in [0.1, 0.15) is 7.28 Å². The summed E-state index contributed by atoms with van der Waals surface area (Å²) in [7, 11) is 3.20. The van der Waals surface area contributed by atoms with Gasteiger partial charge in [-0.05, 0) is 32.5 Å². The molecule has 1 unspecified atom stereocenters. The number of nitrogens with zero attached hydrogens (tertiary/aromatic N) is 3. The van der Waals surface area contributed by atoms with Crippen LogP contribution in [-0.2, 0) is 4.74 Å². The number of hydrogen-bond donors (Lipinski definition) is 1. The Morgan fingerprint density at radius 2 is 1.95 bits per heavy atom. The van der Waals surface area contributed by atoms with Crippen LogP contribution in [0.4, 0.5) is 0 Å². The first-order valence-electron chi connectivity index (χ1n) is 7.71. The first-order valence-corrected chi connectivity index (χ1v) is 7.71. The van der Waals surface area contributed by atoms with E-state index in [1.807, 2.05) is 19.2 Å². The van der Waals surface area contributed by atoms with Gasteiger partial charge in [0.2, 0.25) is 0 Å². The van der Waals surface area contributed by atoms with Crippen LogP contribution in [0.3, 0.4) is 0 Å². The summed E-state index contributed by atoms with van der Waals surface area (Å²) in [5, 5.41) is 7.70. The van der Waals surface area contributed by atoms with Gasteiger partial charge in [-0.15, -0.1) is 0 Å². The monoisotopic (exact) mass is 294 g/mol. The minimum Gasteiger partial charge on any atom is -0.379 e. The zero-order valence-corrected chi connectivity index (χ0v) is 14.9. The lowest BCUT2D eigenvalue weighted by Crippen LogP contribution is -2.55. The molecule has 5 nitrogen and oxygen atoms in total. The molecule has 0 saturated heterocycles. The molecule has 0 aromatic carbocycles. The van der Waals surface area contributed by atoms with Crippen LogP contribution >= 0.6 is 0 Å². The topological polar surface area (TPSA) is 63.2 Å². The fraction of sp³-hybridized carbons (Fsp3) is 0.857. The van der Waals surface area contributed by atoms with Crippen LogP contribution in [0.25, 0.3) is 0 Å². The number of rotatable bonds is 10. The molecule has 0 aliphatic heterocycles. The molecule has 0 heterocycles. The summed E-state index contributed by atoms with van der Waals surface area (Å²) in [6.45, 7) is 13.4. The van der Waals surface area contributed by atoms with E-state index in [4.69, 9.17) is 10.5 Å². The summed E-state index contributed by atoms with van der Waals surface area (Å²) in [5.74, 6) is 0. The summed E-state index contributed by atoms with van der Waals surface area (Å²) in [5.41, 5.74) is 6.48. The van der Waals surface area contributed by atoms with Crippen molar-refractivity contribution in [1.29, 1.82) is 0 Å². The van der Waals surface area contributed by atoms with Crippen molar-refractivity contribution in [1.82, 2.24) is 4.92 Å². The Morgan fingerprint density at radius 1 is 1.33 bits per heavy atom. The molecule has 0 aliphatic rings. The molecule has 0 amide bonds. The Labute approximate surface area is 131 Å². The maximum atomic E-state index is 6.48. The van der Waals surface area contributed by atoms with Crippen LogP contribution in [0.2, 0.25) is 5.31 Å². The SMILES string of the molecule is C/C=C\N(BC(C)(N)BC(C)(C)CCOC(C)C)/N=N\C. The lowest BCUT2D eigenvalue weighted by atomic mass is 9.34. The molecular weight excluding hydrogens is 262 g/mol. The third-order valence-electron chi connectivity index (χ3n) is 3.16. The van der Waals surface area contributed by atoms with E-state index in [1.54, 1.807) is 12.0 Å². The molecule has 0 aromatic rings. The van der Waals surface area contributed by atoms with Crippen molar-refractivity contribution < 1.29 is 4.74 Å². The predicted molar refractivity (Wildman–Crippen MR) is 94.1 cm³/mol. The second-order valence-corrected chi connectivity index (χ2v) is 7.03. The van der Waals surface area contributed by atoms with E-state index in [-0.39, 0.29) is 16.8 Å². The standard InChI is InChI=1S/C14H32B2N4O/c1-8-10-20(19-18-7)16-14(6,17)15-13(4,5)9-11-21-12(2)3/h8,10,12,15-16H,9,11,17H2,1-7H3/b10-8-,19-18-. The predicted octanol–water partition coefficient (Wildman–Crippen LogP) is 2.25. The molecule has 0 saturated carbocycles. The minimum atomic E-state index is -0.338. The van der Waals surface area contributed by atoms with Crippen molar-refractivity contribution in [3.05, 3.63) is 12.3 Å². The molecule has 21 heavy (non-hydrogen) atoms. The lowest BCUT2D eigenvalue weighted by molar-refractivity contribution is 0.0720. The van der Waals surface area contributed by atoms with E-state index in [0.717, 1.165) is 20.3 Å². The van der Waals surface area contributed by atoms with Crippen molar-refractivity contribution in [2.24, 2.45) is 16.1 Å². The number of hydrogen-bond acceptors (Lipinski definition) is 4. The van der Waals surface area contributed by atoms with Gasteiger partial charge in [0.15, 0.2) is 0 Å². The highest BCUT2D eigenvalue weighted by Crippen LogP contribution is 2.30. The van der Waals surface area contributed by atoms with Crippen LogP contribution in [0.15, 0.2) is 22.6 Å². The molecule has 0 bridgehead atoms. The summed E-state index contributed by atoms with van der Waals surface area (Å²) in [6, 6.07) is 0. The Kier molecular flexibility index (Phi) is 8.90. The maximum absolute atomic E-state index is 6.48. The average Bonchev–Trinajstić information content (AvgIpc) is 2.26. The van der Waals surface area contributed by atoms with Crippen LogP contribution in [0.5, 0.6) is 0 Å². The van der Waals surface area contributed by atoms with Gasteiger partial charge in [0, 0.05) is 12.8 Å². The zero-order valence-electron chi connectivity index (χ0n) is 14.9.